The van der Waals surface area contributed by atoms with Gasteiger partial charge in [0.05, 0.1) is 11.2 Å². The zero-order valence-electron chi connectivity index (χ0n) is 11.6. The van der Waals surface area contributed by atoms with Crippen molar-refractivity contribution < 1.29 is 18.1 Å². The Kier molecular flexibility index (Phi) is 3.35. The lowest BCUT2D eigenvalue weighted by atomic mass is 9.75. The first-order chi connectivity index (χ1) is 8.13. The monoisotopic (exact) mass is 258 g/mol. The van der Waals surface area contributed by atoms with E-state index < -0.39 is 24.2 Å². The van der Waals surface area contributed by atoms with Crippen LogP contribution in [-0.2, 0) is 9.31 Å². The highest BCUT2D eigenvalue weighted by Crippen LogP contribution is 2.41. The van der Waals surface area contributed by atoms with E-state index in [-0.39, 0.29) is 12.8 Å². The van der Waals surface area contributed by atoms with Gasteiger partial charge in [-0.2, -0.15) is 0 Å². The predicted octanol–water partition coefficient (Wildman–Crippen LogP) is 3.75. The van der Waals surface area contributed by atoms with Gasteiger partial charge in [0.1, 0.15) is 0 Å². The van der Waals surface area contributed by atoms with Crippen LogP contribution < -0.4 is 0 Å². The molecule has 18 heavy (non-hydrogen) atoms. The maximum atomic E-state index is 13.3. The van der Waals surface area contributed by atoms with Crippen LogP contribution in [0.25, 0.3) is 0 Å². The van der Waals surface area contributed by atoms with E-state index >= 15 is 0 Å². The van der Waals surface area contributed by atoms with Crippen molar-refractivity contribution in [2.75, 3.05) is 0 Å². The minimum atomic E-state index is -2.55. The molecule has 0 aromatic rings. The van der Waals surface area contributed by atoms with Gasteiger partial charge in [0, 0.05) is 12.8 Å². The lowest BCUT2D eigenvalue weighted by Crippen LogP contribution is -2.41. The van der Waals surface area contributed by atoms with Crippen molar-refractivity contribution in [2.45, 2.75) is 70.5 Å². The van der Waals surface area contributed by atoms with Crippen LogP contribution in [0.3, 0.4) is 0 Å². The number of hydrogen-bond acceptors (Lipinski definition) is 2. The Morgan fingerprint density at radius 2 is 1.61 bits per heavy atom. The first kappa shape index (κ1) is 14.0. The van der Waals surface area contributed by atoms with Gasteiger partial charge in [-0.15, -0.1) is 0 Å². The Morgan fingerprint density at radius 1 is 1.06 bits per heavy atom. The molecule has 2 rings (SSSR count). The molecule has 1 aliphatic heterocycles. The molecule has 0 aromatic heterocycles. The molecule has 1 saturated heterocycles. The predicted molar refractivity (Wildman–Crippen MR) is 67.6 cm³/mol. The molecule has 0 unspecified atom stereocenters. The Morgan fingerprint density at radius 3 is 2.17 bits per heavy atom. The van der Waals surface area contributed by atoms with Crippen LogP contribution in [0.4, 0.5) is 8.78 Å². The third-order valence-corrected chi connectivity index (χ3v) is 4.25. The van der Waals surface area contributed by atoms with Crippen LogP contribution in [0, 0.1) is 0 Å². The third-order valence-electron chi connectivity index (χ3n) is 4.25. The van der Waals surface area contributed by atoms with Gasteiger partial charge in [-0.25, -0.2) is 8.78 Å². The van der Waals surface area contributed by atoms with Gasteiger partial charge in [-0.1, -0.05) is 6.08 Å². The van der Waals surface area contributed by atoms with E-state index in [0.29, 0.717) is 12.8 Å². The van der Waals surface area contributed by atoms with E-state index in [0.717, 1.165) is 5.47 Å². The largest absolute Gasteiger partial charge is 0.490 e. The van der Waals surface area contributed by atoms with E-state index in [9.17, 15) is 8.78 Å². The number of alkyl halides is 2. The molecule has 2 nitrogen and oxygen atoms in total. The smallest absolute Gasteiger partial charge is 0.400 e. The summed E-state index contributed by atoms with van der Waals surface area (Å²) in [5.41, 5.74) is 0.0477. The molecule has 1 heterocycles. The molecule has 0 N–H and O–H groups in total. The molecule has 5 heteroatoms. The molecule has 0 atom stereocenters. The van der Waals surface area contributed by atoms with Crippen molar-refractivity contribution in [3.8, 4) is 0 Å². The van der Waals surface area contributed by atoms with Crippen molar-refractivity contribution in [1.82, 2.24) is 0 Å². The zero-order chi connectivity index (χ0) is 13.6. The summed E-state index contributed by atoms with van der Waals surface area (Å²) in [6.45, 7) is 7.88. The van der Waals surface area contributed by atoms with Crippen LogP contribution in [0.5, 0.6) is 0 Å². The molecule has 0 saturated carbocycles. The first-order valence-electron chi connectivity index (χ1n) is 6.55. The van der Waals surface area contributed by atoms with Crippen molar-refractivity contribution in [3.05, 3.63) is 11.5 Å². The SMILES string of the molecule is CC1(C)OB(C2=CCCC(F)(F)CC2)OC1(C)C. The number of hydrogen-bond donors (Lipinski definition) is 0. The summed E-state index contributed by atoms with van der Waals surface area (Å²) in [5, 5.41) is 0. The quantitative estimate of drug-likeness (QED) is 0.667. The zero-order valence-corrected chi connectivity index (χ0v) is 11.6. The summed E-state index contributed by atoms with van der Waals surface area (Å²) in [5.74, 6) is -2.55. The highest BCUT2D eigenvalue weighted by molar-refractivity contribution is 6.54. The second-order valence-electron chi connectivity index (χ2n) is 6.26. The number of allylic oxidation sites excluding steroid dienone is 2. The fourth-order valence-electron chi connectivity index (χ4n) is 2.23. The van der Waals surface area contributed by atoms with Crippen LogP contribution in [0.2, 0.25) is 0 Å². The van der Waals surface area contributed by atoms with Crippen molar-refractivity contribution in [3.63, 3.8) is 0 Å². The van der Waals surface area contributed by atoms with Gasteiger partial charge in [0.15, 0.2) is 0 Å². The maximum absolute atomic E-state index is 13.3. The van der Waals surface area contributed by atoms with E-state index in [2.05, 4.69) is 0 Å². The number of halogens is 2. The van der Waals surface area contributed by atoms with Crippen LogP contribution in [-0.4, -0.2) is 24.2 Å². The van der Waals surface area contributed by atoms with Crippen molar-refractivity contribution in [2.24, 2.45) is 0 Å². The highest BCUT2D eigenvalue weighted by atomic mass is 19.3. The van der Waals surface area contributed by atoms with Gasteiger partial charge in [-0.05, 0) is 46.0 Å². The topological polar surface area (TPSA) is 18.5 Å². The lowest BCUT2D eigenvalue weighted by Gasteiger charge is -2.32. The van der Waals surface area contributed by atoms with E-state index in [1.807, 2.05) is 33.8 Å². The van der Waals surface area contributed by atoms with Crippen LogP contribution in [0.15, 0.2) is 11.5 Å². The Labute approximate surface area is 108 Å². The molecule has 2 aliphatic rings. The van der Waals surface area contributed by atoms with E-state index in [4.69, 9.17) is 9.31 Å². The maximum Gasteiger partial charge on any atom is 0.490 e. The summed E-state index contributed by atoms with van der Waals surface area (Å²) in [7, 11) is -0.469. The first-order valence-corrected chi connectivity index (χ1v) is 6.55. The molecule has 102 valence electrons. The summed E-state index contributed by atoms with van der Waals surface area (Å²) in [6, 6.07) is 0. The molecular weight excluding hydrogens is 237 g/mol. The van der Waals surface area contributed by atoms with Gasteiger partial charge >= 0.3 is 7.12 Å². The standard InChI is InChI=1S/C13H21BF2O2/c1-11(2)12(3,4)18-14(17-11)10-6-5-8-13(15,16)9-7-10/h6H,5,7-9H2,1-4H3. The minimum Gasteiger partial charge on any atom is -0.400 e. The molecule has 0 aromatic carbocycles. The van der Waals surface area contributed by atoms with Gasteiger partial charge < -0.3 is 9.31 Å². The summed E-state index contributed by atoms with van der Waals surface area (Å²) in [6.07, 6.45) is 2.43. The number of rotatable bonds is 1. The normalized spacial score (nSPS) is 29.9. The fourth-order valence-corrected chi connectivity index (χ4v) is 2.23. The summed E-state index contributed by atoms with van der Waals surface area (Å²) >= 11 is 0. The minimum absolute atomic E-state index is 0.0734. The Balaban J connectivity index is 2.09. The summed E-state index contributed by atoms with van der Waals surface area (Å²) in [4.78, 5) is 0. The van der Waals surface area contributed by atoms with Gasteiger partial charge in [0.25, 0.3) is 0 Å². The molecule has 0 radical (unpaired) electrons. The Bertz CT molecular complexity index is 348. The molecule has 0 spiro atoms. The van der Waals surface area contributed by atoms with Crippen molar-refractivity contribution >= 4 is 7.12 Å². The molecule has 1 fully saturated rings. The van der Waals surface area contributed by atoms with Crippen LogP contribution in [0.1, 0.15) is 53.4 Å². The van der Waals surface area contributed by atoms with Gasteiger partial charge in [0.2, 0.25) is 5.92 Å². The molecular formula is C13H21BF2O2. The van der Waals surface area contributed by atoms with E-state index in [1.54, 1.807) is 0 Å². The Hall–Kier alpha value is -0.415. The molecule has 0 bridgehead atoms. The lowest BCUT2D eigenvalue weighted by molar-refractivity contribution is -0.0126. The van der Waals surface area contributed by atoms with Crippen LogP contribution >= 0.6 is 0 Å². The average molecular weight is 258 g/mol. The molecule has 1 aliphatic carbocycles. The third kappa shape index (κ3) is 2.62. The highest BCUT2D eigenvalue weighted by Gasteiger charge is 2.52. The second kappa shape index (κ2) is 4.31. The average Bonchev–Trinajstić information content (AvgIpc) is 2.35. The second-order valence-corrected chi connectivity index (χ2v) is 6.26. The molecule has 0 amide bonds. The van der Waals surface area contributed by atoms with Gasteiger partial charge in [-0.3, -0.25) is 0 Å². The fraction of sp³-hybridized carbons (Fsp3) is 0.846. The van der Waals surface area contributed by atoms with E-state index in [1.165, 1.54) is 0 Å². The van der Waals surface area contributed by atoms with Crippen molar-refractivity contribution in [1.29, 1.82) is 0 Å². The summed E-state index contributed by atoms with van der Waals surface area (Å²) < 4.78 is 38.4.